The lowest BCUT2D eigenvalue weighted by atomic mass is 10.1. The van der Waals surface area contributed by atoms with Crippen molar-refractivity contribution in [2.75, 3.05) is 13.7 Å². The summed E-state index contributed by atoms with van der Waals surface area (Å²) in [6.07, 6.45) is 0.589. The SMILES string of the molecule is C#Cc1cn([C@@H]2O[C@](F)(COP3(=O)OCc4cccc(OC)c4O3)[C@@H](O)[C@H]2O)c(=O)[nH]c1=S. The first kappa shape index (κ1) is 23.6. The molecule has 14 heteroatoms. The summed E-state index contributed by atoms with van der Waals surface area (Å²) in [5.74, 6) is -0.500. The summed E-state index contributed by atoms with van der Waals surface area (Å²) in [5, 5.41) is 20.6. The third-order valence-electron chi connectivity index (χ3n) is 5.05. The van der Waals surface area contributed by atoms with E-state index in [4.69, 9.17) is 41.7 Å². The van der Waals surface area contributed by atoms with Crippen LogP contribution in [0.5, 0.6) is 11.5 Å². The van der Waals surface area contributed by atoms with Gasteiger partial charge in [-0.15, -0.1) is 6.42 Å². The van der Waals surface area contributed by atoms with Crippen LogP contribution in [0.3, 0.4) is 0 Å². The smallest absolute Gasteiger partial charge is 0.493 e. The fourth-order valence-corrected chi connectivity index (χ4v) is 4.77. The number of hydrogen-bond acceptors (Lipinski definition) is 10. The molecule has 11 nitrogen and oxygen atoms in total. The Balaban J connectivity index is 1.55. The van der Waals surface area contributed by atoms with Gasteiger partial charge in [0.15, 0.2) is 17.7 Å². The van der Waals surface area contributed by atoms with Gasteiger partial charge in [0.1, 0.15) is 23.5 Å². The number of rotatable bonds is 5. The Hall–Kier alpha value is -2.56. The Morgan fingerprint density at radius 1 is 1.48 bits per heavy atom. The first-order valence-electron chi connectivity index (χ1n) is 9.40. The van der Waals surface area contributed by atoms with E-state index >= 15 is 4.39 Å². The minimum Gasteiger partial charge on any atom is -0.493 e. The number of fused-ring (bicyclic) bond motifs is 1. The quantitative estimate of drug-likeness (QED) is 0.315. The molecule has 0 spiro atoms. The molecular formula is C19H18FN2O9PS. The highest BCUT2D eigenvalue weighted by atomic mass is 32.1. The van der Waals surface area contributed by atoms with Gasteiger partial charge in [-0.25, -0.2) is 13.8 Å². The van der Waals surface area contributed by atoms with E-state index < -0.39 is 44.4 Å². The van der Waals surface area contributed by atoms with Gasteiger partial charge < -0.3 is 24.2 Å². The number of halogens is 1. The van der Waals surface area contributed by atoms with Crippen molar-refractivity contribution in [3.63, 3.8) is 0 Å². The summed E-state index contributed by atoms with van der Waals surface area (Å²) < 4.78 is 54.8. The standard InChI is InChI=1S/C19H18FN2O9PS/c1-3-10-7-22(18(25)21-16(10)33)17-13(23)15(24)19(20,30-17)9-29-32(26)28-8-11-5-4-6-12(27-2)14(11)31-32/h1,4-7,13,15,17,23-24H,8-9H2,2H3,(H,21,25,33)/t13-,15+,17-,19-,32?/m1/s1. The molecule has 1 fully saturated rings. The van der Waals surface area contributed by atoms with Crippen LogP contribution in [0.2, 0.25) is 0 Å². The predicted octanol–water partition coefficient (Wildman–Crippen LogP) is 1.55. The molecule has 2 aliphatic heterocycles. The number of aromatic amines is 1. The monoisotopic (exact) mass is 500 g/mol. The molecule has 0 aliphatic carbocycles. The van der Waals surface area contributed by atoms with Crippen molar-refractivity contribution < 1.29 is 42.2 Å². The average Bonchev–Trinajstić information content (AvgIpc) is 3.02. The summed E-state index contributed by atoms with van der Waals surface area (Å²) in [5.41, 5.74) is -0.267. The van der Waals surface area contributed by atoms with E-state index in [1.807, 2.05) is 0 Å². The Labute approximate surface area is 191 Å². The van der Waals surface area contributed by atoms with E-state index in [1.165, 1.54) is 7.11 Å². The molecule has 4 rings (SSSR count). The number of nitrogens with one attached hydrogen (secondary N) is 1. The first-order valence-corrected chi connectivity index (χ1v) is 11.3. The van der Waals surface area contributed by atoms with Crippen molar-refractivity contribution in [1.29, 1.82) is 0 Å². The summed E-state index contributed by atoms with van der Waals surface area (Å²) in [4.78, 5) is 14.5. The van der Waals surface area contributed by atoms with E-state index in [-0.39, 0.29) is 28.3 Å². The highest BCUT2D eigenvalue weighted by Crippen LogP contribution is 2.57. The number of benzene rings is 1. The fraction of sp³-hybridized carbons (Fsp3) is 0.368. The van der Waals surface area contributed by atoms with Crippen LogP contribution in [0, 0.1) is 17.0 Å². The molecule has 5 atom stereocenters. The van der Waals surface area contributed by atoms with E-state index in [2.05, 4.69) is 10.9 Å². The minimum absolute atomic E-state index is 0.0398. The molecule has 2 aliphatic rings. The van der Waals surface area contributed by atoms with Gasteiger partial charge in [-0.05, 0) is 6.07 Å². The molecule has 3 heterocycles. The van der Waals surface area contributed by atoms with Crippen LogP contribution in [0.25, 0.3) is 0 Å². The van der Waals surface area contributed by atoms with Crippen LogP contribution in [-0.4, -0.2) is 51.5 Å². The van der Waals surface area contributed by atoms with Gasteiger partial charge in [0.25, 0.3) is 5.85 Å². The molecule has 1 saturated heterocycles. The highest BCUT2D eigenvalue weighted by molar-refractivity contribution is 7.71. The Kier molecular flexibility index (Phi) is 6.19. The molecular weight excluding hydrogens is 482 g/mol. The van der Waals surface area contributed by atoms with Crippen molar-refractivity contribution in [2.24, 2.45) is 0 Å². The second-order valence-corrected chi connectivity index (χ2v) is 9.12. The van der Waals surface area contributed by atoms with Gasteiger partial charge in [0, 0.05) is 11.8 Å². The Morgan fingerprint density at radius 3 is 2.94 bits per heavy atom. The number of phosphoric ester groups is 1. The number of H-pyrrole nitrogens is 1. The number of ether oxygens (including phenoxy) is 2. The maximum Gasteiger partial charge on any atom is 0.530 e. The number of nitrogens with zero attached hydrogens (tertiary/aromatic N) is 1. The molecule has 1 aromatic carbocycles. The predicted molar refractivity (Wildman–Crippen MR) is 112 cm³/mol. The number of phosphoric acid groups is 1. The molecule has 176 valence electrons. The van der Waals surface area contributed by atoms with E-state index in [9.17, 15) is 19.6 Å². The number of aliphatic hydroxyl groups is 2. The lowest BCUT2D eigenvalue weighted by Crippen LogP contribution is -2.43. The minimum atomic E-state index is -4.36. The second-order valence-electron chi connectivity index (χ2n) is 7.12. The van der Waals surface area contributed by atoms with Gasteiger partial charge in [0.05, 0.1) is 19.3 Å². The maximum absolute atomic E-state index is 15.5. The van der Waals surface area contributed by atoms with E-state index in [0.29, 0.717) is 5.56 Å². The molecule has 3 N–H and O–H groups in total. The summed E-state index contributed by atoms with van der Waals surface area (Å²) in [6, 6.07) is 4.88. The van der Waals surface area contributed by atoms with Crippen LogP contribution in [0.15, 0.2) is 29.2 Å². The first-order chi connectivity index (χ1) is 15.6. The van der Waals surface area contributed by atoms with Crippen LogP contribution in [0.1, 0.15) is 17.4 Å². The topological polar surface area (TPSA) is 141 Å². The fourth-order valence-electron chi connectivity index (χ4n) is 3.33. The number of alkyl halides is 1. The van der Waals surface area contributed by atoms with Crippen molar-refractivity contribution in [2.45, 2.75) is 30.9 Å². The molecule has 0 bridgehead atoms. The van der Waals surface area contributed by atoms with Crippen LogP contribution in [0.4, 0.5) is 4.39 Å². The number of aromatic nitrogens is 2. The molecule has 1 aromatic heterocycles. The number of aliphatic hydroxyl groups excluding tert-OH is 2. The van der Waals surface area contributed by atoms with Gasteiger partial charge in [-0.2, -0.15) is 0 Å². The molecule has 0 saturated carbocycles. The summed E-state index contributed by atoms with van der Waals surface area (Å²) >= 11 is 4.92. The number of methoxy groups -OCH3 is 1. The van der Waals surface area contributed by atoms with Crippen molar-refractivity contribution in [3.05, 3.63) is 50.6 Å². The number of terminal acetylenes is 1. The van der Waals surface area contributed by atoms with E-state index in [0.717, 1.165) is 10.8 Å². The average molecular weight is 500 g/mol. The van der Waals surface area contributed by atoms with Gasteiger partial charge >= 0.3 is 13.5 Å². The summed E-state index contributed by atoms with van der Waals surface area (Å²) in [6.45, 7) is -1.34. The third kappa shape index (κ3) is 4.22. The maximum atomic E-state index is 15.5. The lowest BCUT2D eigenvalue weighted by molar-refractivity contribution is -0.205. The molecule has 1 unspecified atom stereocenters. The second kappa shape index (κ2) is 8.66. The molecule has 0 amide bonds. The summed E-state index contributed by atoms with van der Waals surface area (Å²) in [7, 11) is -2.98. The van der Waals surface area contributed by atoms with Crippen molar-refractivity contribution in [3.8, 4) is 23.8 Å². The van der Waals surface area contributed by atoms with Crippen molar-refractivity contribution >= 4 is 20.0 Å². The van der Waals surface area contributed by atoms with Crippen LogP contribution >= 0.6 is 20.0 Å². The molecule has 2 aromatic rings. The Bertz CT molecular complexity index is 1280. The number of para-hydroxylation sites is 1. The van der Waals surface area contributed by atoms with Gasteiger partial charge in [-0.1, -0.05) is 30.3 Å². The zero-order valence-corrected chi connectivity index (χ0v) is 18.7. The normalized spacial score (nSPS) is 30.8. The van der Waals surface area contributed by atoms with Crippen molar-refractivity contribution in [1.82, 2.24) is 9.55 Å². The van der Waals surface area contributed by atoms with E-state index in [1.54, 1.807) is 18.2 Å². The molecule has 33 heavy (non-hydrogen) atoms. The third-order valence-corrected chi connectivity index (χ3v) is 6.67. The largest absolute Gasteiger partial charge is 0.530 e. The van der Waals surface area contributed by atoms with Gasteiger partial charge in [-0.3, -0.25) is 18.6 Å². The lowest BCUT2D eigenvalue weighted by Gasteiger charge is -2.28. The van der Waals surface area contributed by atoms with Gasteiger partial charge in [0.2, 0.25) is 0 Å². The Morgan fingerprint density at radius 2 is 2.24 bits per heavy atom. The van der Waals surface area contributed by atoms with Crippen LogP contribution in [-0.2, 0) is 25.0 Å². The zero-order chi connectivity index (χ0) is 24.0. The molecule has 0 radical (unpaired) electrons. The number of hydrogen-bond donors (Lipinski definition) is 3. The van der Waals surface area contributed by atoms with Crippen LogP contribution < -0.4 is 15.0 Å². The highest BCUT2D eigenvalue weighted by Gasteiger charge is 2.57. The zero-order valence-electron chi connectivity index (χ0n) is 17.0.